The summed E-state index contributed by atoms with van der Waals surface area (Å²) in [4.78, 5) is 22.7. The summed E-state index contributed by atoms with van der Waals surface area (Å²) in [7, 11) is 1.42. The Morgan fingerprint density at radius 2 is 2.05 bits per heavy atom. The van der Waals surface area contributed by atoms with Crippen molar-refractivity contribution in [2.24, 2.45) is 0 Å². The van der Waals surface area contributed by atoms with E-state index in [0.717, 1.165) is 5.56 Å². The SMILES string of the molecule is CNC(=O)NC(=O)C(C)Oc1ccccc1CCO. The number of nitrogens with one attached hydrogen (secondary N) is 2. The van der Waals surface area contributed by atoms with E-state index in [1.165, 1.54) is 7.05 Å². The Morgan fingerprint density at radius 1 is 1.37 bits per heavy atom. The molecule has 0 bridgehead atoms. The fourth-order valence-electron chi connectivity index (χ4n) is 1.47. The Morgan fingerprint density at radius 3 is 2.68 bits per heavy atom. The Hall–Kier alpha value is -2.08. The van der Waals surface area contributed by atoms with Crippen LogP contribution in [0.5, 0.6) is 5.75 Å². The molecule has 0 spiro atoms. The van der Waals surface area contributed by atoms with E-state index >= 15 is 0 Å². The van der Waals surface area contributed by atoms with Crippen molar-refractivity contribution in [3.63, 3.8) is 0 Å². The molecule has 0 aliphatic carbocycles. The first-order chi connectivity index (χ1) is 9.08. The number of imide groups is 1. The number of benzene rings is 1. The third-order valence-corrected chi connectivity index (χ3v) is 2.49. The largest absolute Gasteiger partial charge is 0.481 e. The molecule has 0 aliphatic heterocycles. The van der Waals surface area contributed by atoms with E-state index in [9.17, 15) is 9.59 Å². The van der Waals surface area contributed by atoms with Crippen molar-refractivity contribution in [2.75, 3.05) is 13.7 Å². The lowest BCUT2D eigenvalue weighted by atomic mass is 10.1. The van der Waals surface area contributed by atoms with Crippen LogP contribution < -0.4 is 15.4 Å². The van der Waals surface area contributed by atoms with Gasteiger partial charge >= 0.3 is 6.03 Å². The van der Waals surface area contributed by atoms with E-state index in [-0.39, 0.29) is 6.61 Å². The van der Waals surface area contributed by atoms with Crippen LogP contribution in [0.1, 0.15) is 12.5 Å². The molecule has 6 nitrogen and oxygen atoms in total. The van der Waals surface area contributed by atoms with Gasteiger partial charge in [-0.25, -0.2) is 4.79 Å². The maximum absolute atomic E-state index is 11.6. The van der Waals surface area contributed by atoms with Gasteiger partial charge in [-0.1, -0.05) is 18.2 Å². The van der Waals surface area contributed by atoms with E-state index in [1.54, 1.807) is 19.1 Å². The van der Waals surface area contributed by atoms with E-state index in [0.29, 0.717) is 12.2 Å². The monoisotopic (exact) mass is 266 g/mol. The van der Waals surface area contributed by atoms with Gasteiger partial charge in [0.05, 0.1) is 0 Å². The number of urea groups is 1. The second-order valence-corrected chi connectivity index (χ2v) is 3.91. The molecule has 0 saturated carbocycles. The number of aliphatic hydroxyl groups excluding tert-OH is 1. The first-order valence-corrected chi connectivity index (χ1v) is 5.96. The van der Waals surface area contributed by atoms with Crippen LogP contribution in [0.15, 0.2) is 24.3 Å². The molecule has 0 heterocycles. The highest BCUT2D eigenvalue weighted by atomic mass is 16.5. The van der Waals surface area contributed by atoms with E-state index < -0.39 is 18.0 Å². The fraction of sp³-hybridized carbons (Fsp3) is 0.385. The summed E-state index contributed by atoms with van der Waals surface area (Å²) >= 11 is 0. The first-order valence-electron chi connectivity index (χ1n) is 5.96. The standard InChI is InChI=1S/C13H18N2O4/c1-9(12(17)15-13(18)14-2)19-11-6-4-3-5-10(11)7-8-16/h3-6,9,16H,7-8H2,1-2H3,(H2,14,15,17,18). The third-order valence-electron chi connectivity index (χ3n) is 2.49. The van der Waals surface area contributed by atoms with Gasteiger partial charge in [-0.05, 0) is 25.0 Å². The van der Waals surface area contributed by atoms with Crippen LogP contribution in [0.4, 0.5) is 4.79 Å². The zero-order chi connectivity index (χ0) is 14.3. The molecule has 1 rings (SSSR count). The summed E-state index contributed by atoms with van der Waals surface area (Å²) in [5, 5.41) is 13.4. The molecule has 0 aromatic heterocycles. The molecule has 19 heavy (non-hydrogen) atoms. The number of rotatable bonds is 5. The van der Waals surface area contributed by atoms with Gasteiger partial charge in [-0.3, -0.25) is 10.1 Å². The lowest BCUT2D eigenvalue weighted by molar-refractivity contribution is -0.126. The summed E-state index contributed by atoms with van der Waals surface area (Å²) < 4.78 is 5.50. The zero-order valence-electron chi connectivity index (χ0n) is 11.0. The first kappa shape index (κ1) is 15.0. The smallest absolute Gasteiger partial charge is 0.321 e. The molecular formula is C13H18N2O4. The van der Waals surface area contributed by atoms with Crippen molar-refractivity contribution >= 4 is 11.9 Å². The molecule has 0 radical (unpaired) electrons. The third kappa shape index (κ3) is 4.59. The number of aliphatic hydroxyl groups is 1. The summed E-state index contributed by atoms with van der Waals surface area (Å²) in [5.41, 5.74) is 0.810. The maximum atomic E-state index is 11.6. The molecule has 0 fully saturated rings. The highest BCUT2D eigenvalue weighted by Gasteiger charge is 2.17. The van der Waals surface area contributed by atoms with Gasteiger partial charge in [0.25, 0.3) is 5.91 Å². The Bertz CT molecular complexity index is 448. The van der Waals surface area contributed by atoms with Gasteiger partial charge in [-0.15, -0.1) is 0 Å². The van der Waals surface area contributed by atoms with Crippen LogP contribution in [0, 0.1) is 0 Å². The summed E-state index contributed by atoms with van der Waals surface area (Å²) in [6.45, 7) is 1.55. The van der Waals surface area contributed by atoms with Crippen molar-refractivity contribution in [1.82, 2.24) is 10.6 Å². The van der Waals surface area contributed by atoms with E-state index in [1.807, 2.05) is 12.1 Å². The molecule has 3 N–H and O–H groups in total. The number of para-hydroxylation sites is 1. The van der Waals surface area contributed by atoms with Crippen LogP contribution in [-0.4, -0.2) is 36.8 Å². The average molecular weight is 266 g/mol. The number of hydrogen-bond donors (Lipinski definition) is 3. The predicted octanol–water partition coefficient (Wildman–Crippen LogP) is 0.444. The molecular weight excluding hydrogens is 248 g/mol. The van der Waals surface area contributed by atoms with Crippen LogP contribution >= 0.6 is 0 Å². The van der Waals surface area contributed by atoms with E-state index in [2.05, 4.69) is 10.6 Å². The van der Waals surface area contributed by atoms with Crippen LogP contribution in [0.2, 0.25) is 0 Å². The highest BCUT2D eigenvalue weighted by molar-refractivity contribution is 5.96. The molecule has 6 heteroatoms. The second kappa shape index (κ2) is 7.38. The lowest BCUT2D eigenvalue weighted by Gasteiger charge is -2.16. The van der Waals surface area contributed by atoms with Crippen LogP contribution in [0.25, 0.3) is 0 Å². The Balaban J connectivity index is 2.68. The van der Waals surface area contributed by atoms with Crippen molar-refractivity contribution < 1.29 is 19.4 Å². The van der Waals surface area contributed by atoms with Gasteiger partial charge < -0.3 is 15.2 Å². The minimum Gasteiger partial charge on any atom is -0.481 e. The molecule has 3 amide bonds. The van der Waals surface area contributed by atoms with Crippen LogP contribution in [-0.2, 0) is 11.2 Å². The minimum atomic E-state index is -0.808. The van der Waals surface area contributed by atoms with Crippen LogP contribution in [0.3, 0.4) is 0 Å². The molecule has 0 aliphatic rings. The van der Waals surface area contributed by atoms with Crippen molar-refractivity contribution in [3.05, 3.63) is 29.8 Å². The predicted molar refractivity (Wildman–Crippen MR) is 69.9 cm³/mol. The molecule has 1 aromatic carbocycles. The normalized spacial score (nSPS) is 11.5. The molecule has 1 aromatic rings. The van der Waals surface area contributed by atoms with Crippen molar-refractivity contribution in [2.45, 2.75) is 19.4 Å². The zero-order valence-corrected chi connectivity index (χ0v) is 11.0. The van der Waals surface area contributed by atoms with Crippen molar-refractivity contribution in [3.8, 4) is 5.75 Å². The molecule has 0 saturated heterocycles. The van der Waals surface area contributed by atoms with Gasteiger partial charge in [0.15, 0.2) is 6.10 Å². The van der Waals surface area contributed by atoms with Crippen molar-refractivity contribution in [1.29, 1.82) is 0 Å². The number of carbonyl (C=O) groups excluding carboxylic acids is 2. The summed E-state index contributed by atoms with van der Waals surface area (Å²) in [6.07, 6.45) is -0.364. The number of ether oxygens (including phenoxy) is 1. The van der Waals surface area contributed by atoms with Gasteiger partial charge in [0, 0.05) is 13.7 Å². The molecule has 1 atom stereocenters. The topological polar surface area (TPSA) is 87.7 Å². The average Bonchev–Trinajstić information content (AvgIpc) is 2.41. The quantitative estimate of drug-likeness (QED) is 0.722. The second-order valence-electron chi connectivity index (χ2n) is 3.91. The lowest BCUT2D eigenvalue weighted by Crippen LogP contribution is -2.44. The van der Waals surface area contributed by atoms with Gasteiger partial charge in [-0.2, -0.15) is 0 Å². The summed E-state index contributed by atoms with van der Waals surface area (Å²) in [5.74, 6) is -0.00532. The Kier molecular flexibility index (Phi) is 5.81. The fourth-order valence-corrected chi connectivity index (χ4v) is 1.47. The summed E-state index contributed by atoms with van der Waals surface area (Å²) in [6, 6.07) is 6.56. The maximum Gasteiger partial charge on any atom is 0.321 e. The molecule has 104 valence electrons. The van der Waals surface area contributed by atoms with Gasteiger partial charge in [0.2, 0.25) is 0 Å². The van der Waals surface area contributed by atoms with Gasteiger partial charge in [0.1, 0.15) is 5.75 Å². The number of hydrogen-bond acceptors (Lipinski definition) is 4. The molecule has 1 unspecified atom stereocenters. The number of carbonyl (C=O) groups is 2. The van der Waals surface area contributed by atoms with E-state index in [4.69, 9.17) is 9.84 Å². The minimum absolute atomic E-state index is 0.000802. The number of amides is 3. The Labute approximate surface area is 111 Å². The highest BCUT2D eigenvalue weighted by Crippen LogP contribution is 2.19.